The van der Waals surface area contributed by atoms with E-state index >= 15 is 0 Å². The second-order valence-corrected chi connectivity index (χ2v) is 6.05. The van der Waals surface area contributed by atoms with Gasteiger partial charge in [0.05, 0.1) is 26.1 Å². The zero-order valence-electron chi connectivity index (χ0n) is 15.4. The van der Waals surface area contributed by atoms with E-state index in [1.54, 1.807) is 43.1 Å². The Bertz CT molecular complexity index is 1120. The average Bonchev–Trinajstić information content (AvgIpc) is 3.18. The van der Waals surface area contributed by atoms with Crippen LogP contribution in [0.15, 0.2) is 67.0 Å². The Kier molecular flexibility index (Phi) is 4.63. The summed E-state index contributed by atoms with van der Waals surface area (Å²) < 4.78 is 12.2. The van der Waals surface area contributed by atoms with Crippen molar-refractivity contribution in [1.82, 2.24) is 14.6 Å². The standard InChI is InChI=1S/C21H18N4O3/c1-27-16-10-15(11-17(12-16)28-2)24-21(26)18-13-23-25-19(8-9-22-20(18)25)14-6-4-3-5-7-14/h3-13H,1-2H3,(H,24,26). The molecule has 2 heterocycles. The molecule has 2 aromatic carbocycles. The molecule has 0 spiro atoms. The van der Waals surface area contributed by atoms with Crippen molar-refractivity contribution in [1.29, 1.82) is 0 Å². The Morgan fingerprint density at radius 2 is 1.71 bits per heavy atom. The van der Waals surface area contributed by atoms with Crippen molar-refractivity contribution < 1.29 is 14.3 Å². The predicted octanol–water partition coefficient (Wildman–Crippen LogP) is 3.67. The average molecular weight is 374 g/mol. The van der Waals surface area contributed by atoms with Gasteiger partial charge >= 0.3 is 0 Å². The number of anilines is 1. The molecule has 0 aliphatic carbocycles. The third-order valence-electron chi connectivity index (χ3n) is 4.32. The van der Waals surface area contributed by atoms with Crippen LogP contribution in [0.5, 0.6) is 11.5 Å². The monoisotopic (exact) mass is 374 g/mol. The Morgan fingerprint density at radius 3 is 2.39 bits per heavy atom. The van der Waals surface area contributed by atoms with Crippen LogP contribution in [0.3, 0.4) is 0 Å². The number of amides is 1. The summed E-state index contributed by atoms with van der Waals surface area (Å²) >= 11 is 0. The van der Waals surface area contributed by atoms with Gasteiger partial charge in [-0.2, -0.15) is 5.10 Å². The van der Waals surface area contributed by atoms with Gasteiger partial charge in [0.1, 0.15) is 17.1 Å². The quantitative estimate of drug-likeness (QED) is 0.577. The third-order valence-corrected chi connectivity index (χ3v) is 4.32. The zero-order chi connectivity index (χ0) is 19.5. The first-order valence-corrected chi connectivity index (χ1v) is 8.62. The van der Waals surface area contributed by atoms with Crippen molar-refractivity contribution in [3.63, 3.8) is 0 Å². The molecule has 2 aromatic heterocycles. The summed E-state index contributed by atoms with van der Waals surface area (Å²) in [7, 11) is 3.11. The minimum absolute atomic E-state index is 0.317. The van der Waals surface area contributed by atoms with Crippen LogP contribution in [0, 0.1) is 0 Å². The molecule has 0 saturated carbocycles. The molecular formula is C21H18N4O3. The Hall–Kier alpha value is -3.87. The number of hydrogen-bond acceptors (Lipinski definition) is 5. The van der Waals surface area contributed by atoms with E-state index in [0.717, 1.165) is 11.3 Å². The lowest BCUT2D eigenvalue weighted by molar-refractivity contribution is 0.102. The van der Waals surface area contributed by atoms with Gasteiger partial charge in [-0.15, -0.1) is 0 Å². The van der Waals surface area contributed by atoms with Gasteiger partial charge in [-0.25, -0.2) is 9.50 Å². The number of rotatable bonds is 5. The minimum atomic E-state index is -0.317. The number of benzene rings is 2. The fourth-order valence-electron chi connectivity index (χ4n) is 2.96. The highest BCUT2D eigenvalue weighted by Crippen LogP contribution is 2.27. The molecule has 28 heavy (non-hydrogen) atoms. The van der Waals surface area contributed by atoms with E-state index < -0.39 is 0 Å². The summed E-state index contributed by atoms with van der Waals surface area (Å²) in [6.45, 7) is 0. The van der Waals surface area contributed by atoms with Gasteiger partial charge in [0.15, 0.2) is 5.65 Å². The highest BCUT2D eigenvalue weighted by atomic mass is 16.5. The minimum Gasteiger partial charge on any atom is -0.497 e. The molecule has 1 N–H and O–H groups in total. The van der Waals surface area contributed by atoms with E-state index in [4.69, 9.17) is 9.47 Å². The van der Waals surface area contributed by atoms with Crippen molar-refractivity contribution in [2.24, 2.45) is 0 Å². The van der Waals surface area contributed by atoms with Crippen LogP contribution < -0.4 is 14.8 Å². The first kappa shape index (κ1) is 17.5. The molecule has 0 bridgehead atoms. The second kappa shape index (κ2) is 7.40. The van der Waals surface area contributed by atoms with Gasteiger partial charge in [-0.05, 0) is 6.07 Å². The summed E-state index contributed by atoms with van der Waals surface area (Å²) in [5.74, 6) is 0.848. The van der Waals surface area contributed by atoms with Crippen LogP contribution in [0.2, 0.25) is 0 Å². The van der Waals surface area contributed by atoms with E-state index in [-0.39, 0.29) is 5.91 Å². The SMILES string of the molecule is COc1cc(NC(=O)c2cnn3c(-c4ccccc4)ccnc23)cc(OC)c1. The molecule has 0 unspecified atom stereocenters. The molecule has 7 heteroatoms. The van der Waals surface area contributed by atoms with Crippen LogP contribution in [0.25, 0.3) is 16.9 Å². The Labute approximate surface area is 161 Å². The first-order valence-electron chi connectivity index (χ1n) is 8.62. The van der Waals surface area contributed by atoms with Gasteiger partial charge in [-0.1, -0.05) is 30.3 Å². The number of ether oxygens (including phenoxy) is 2. The molecular weight excluding hydrogens is 356 g/mol. The lowest BCUT2D eigenvalue weighted by Crippen LogP contribution is -2.12. The van der Waals surface area contributed by atoms with Crippen LogP contribution in [0.1, 0.15) is 10.4 Å². The molecule has 4 rings (SSSR count). The van der Waals surface area contributed by atoms with Crippen LogP contribution >= 0.6 is 0 Å². The molecule has 0 aliphatic heterocycles. The number of hydrogen-bond donors (Lipinski definition) is 1. The summed E-state index contributed by atoms with van der Waals surface area (Å²) in [6, 6.07) is 16.9. The van der Waals surface area contributed by atoms with Crippen molar-refractivity contribution in [2.75, 3.05) is 19.5 Å². The summed E-state index contributed by atoms with van der Waals surface area (Å²) in [6.07, 6.45) is 3.19. The van der Waals surface area contributed by atoms with E-state index in [1.807, 2.05) is 36.4 Å². The van der Waals surface area contributed by atoms with Crippen LogP contribution in [-0.4, -0.2) is 34.7 Å². The van der Waals surface area contributed by atoms with E-state index in [2.05, 4.69) is 15.4 Å². The number of aromatic nitrogens is 3. The van der Waals surface area contributed by atoms with Gasteiger partial charge < -0.3 is 14.8 Å². The molecule has 7 nitrogen and oxygen atoms in total. The predicted molar refractivity (Wildman–Crippen MR) is 106 cm³/mol. The number of fused-ring (bicyclic) bond motifs is 1. The highest BCUT2D eigenvalue weighted by Gasteiger charge is 2.17. The highest BCUT2D eigenvalue weighted by molar-refractivity contribution is 6.08. The fourth-order valence-corrected chi connectivity index (χ4v) is 2.96. The maximum atomic E-state index is 12.9. The second-order valence-electron chi connectivity index (χ2n) is 6.05. The number of nitrogens with one attached hydrogen (secondary N) is 1. The topological polar surface area (TPSA) is 77.8 Å². The molecule has 0 atom stereocenters. The fraction of sp³-hybridized carbons (Fsp3) is 0.0952. The van der Waals surface area contributed by atoms with Gasteiger partial charge in [0, 0.05) is 35.6 Å². The third kappa shape index (κ3) is 3.25. The molecule has 0 aliphatic rings. The van der Waals surface area contributed by atoms with E-state index in [9.17, 15) is 4.79 Å². The van der Waals surface area contributed by atoms with Crippen molar-refractivity contribution in [2.45, 2.75) is 0 Å². The molecule has 1 amide bonds. The van der Waals surface area contributed by atoms with Gasteiger partial charge in [0.2, 0.25) is 0 Å². The molecule has 140 valence electrons. The Balaban J connectivity index is 1.69. The first-order chi connectivity index (χ1) is 13.7. The van der Waals surface area contributed by atoms with Crippen molar-refractivity contribution in [3.8, 4) is 22.8 Å². The maximum absolute atomic E-state index is 12.9. The largest absolute Gasteiger partial charge is 0.497 e. The summed E-state index contributed by atoms with van der Waals surface area (Å²) in [4.78, 5) is 17.2. The maximum Gasteiger partial charge on any atom is 0.261 e. The van der Waals surface area contributed by atoms with Crippen molar-refractivity contribution >= 4 is 17.2 Å². The number of nitrogens with zero attached hydrogens (tertiary/aromatic N) is 3. The van der Waals surface area contributed by atoms with Gasteiger partial charge in [-0.3, -0.25) is 4.79 Å². The zero-order valence-corrected chi connectivity index (χ0v) is 15.4. The lowest BCUT2D eigenvalue weighted by Gasteiger charge is -2.09. The van der Waals surface area contributed by atoms with Crippen LogP contribution in [-0.2, 0) is 0 Å². The summed E-state index contributed by atoms with van der Waals surface area (Å²) in [5, 5.41) is 7.22. The Morgan fingerprint density at radius 1 is 1.00 bits per heavy atom. The lowest BCUT2D eigenvalue weighted by atomic mass is 10.1. The molecule has 0 radical (unpaired) electrons. The normalized spacial score (nSPS) is 10.6. The smallest absolute Gasteiger partial charge is 0.261 e. The van der Waals surface area contributed by atoms with E-state index in [0.29, 0.717) is 28.4 Å². The number of methoxy groups -OCH3 is 2. The molecule has 0 saturated heterocycles. The van der Waals surface area contributed by atoms with Crippen molar-refractivity contribution in [3.05, 3.63) is 72.6 Å². The molecule has 4 aromatic rings. The summed E-state index contributed by atoms with van der Waals surface area (Å²) in [5.41, 5.74) is 3.25. The van der Waals surface area contributed by atoms with Gasteiger partial charge in [0.25, 0.3) is 5.91 Å². The molecule has 0 fully saturated rings. The van der Waals surface area contributed by atoms with E-state index in [1.165, 1.54) is 6.20 Å². The number of carbonyl (C=O) groups excluding carboxylic acids is 1. The number of carbonyl (C=O) groups is 1. The van der Waals surface area contributed by atoms with Crippen LogP contribution in [0.4, 0.5) is 5.69 Å².